The number of aromatic nitrogens is 2. The fourth-order valence-corrected chi connectivity index (χ4v) is 1.97. The Bertz CT molecular complexity index is 604. The zero-order valence-electron chi connectivity index (χ0n) is 12.1. The first-order chi connectivity index (χ1) is 9.58. The molecule has 2 amide bonds. The number of carbonyl (C=O) groups excluding carboxylic acids is 1. The van der Waals surface area contributed by atoms with E-state index in [9.17, 15) is 4.79 Å². The molecule has 0 radical (unpaired) electrons. The molecule has 1 heterocycles. The van der Waals surface area contributed by atoms with Crippen LogP contribution in [-0.2, 0) is 13.1 Å². The van der Waals surface area contributed by atoms with E-state index in [2.05, 4.69) is 15.7 Å². The number of hydrogen-bond donors (Lipinski definition) is 2. The van der Waals surface area contributed by atoms with Crippen LogP contribution < -0.4 is 10.6 Å². The normalized spacial score (nSPS) is 10.3. The molecule has 0 aliphatic heterocycles. The van der Waals surface area contributed by atoms with Crippen molar-refractivity contribution in [3.63, 3.8) is 0 Å². The Kier molecular flexibility index (Phi) is 4.40. The molecule has 0 saturated carbocycles. The van der Waals surface area contributed by atoms with Gasteiger partial charge < -0.3 is 10.6 Å². The fraction of sp³-hybridized carbons (Fsp3) is 0.333. The maximum Gasteiger partial charge on any atom is 0.319 e. The highest BCUT2D eigenvalue weighted by atomic mass is 16.2. The first kappa shape index (κ1) is 14.1. The molecule has 20 heavy (non-hydrogen) atoms. The lowest BCUT2D eigenvalue weighted by Crippen LogP contribution is -2.28. The van der Waals surface area contributed by atoms with Gasteiger partial charge in [-0.15, -0.1) is 0 Å². The van der Waals surface area contributed by atoms with Crippen molar-refractivity contribution < 1.29 is 4.79 Å². The summed E-state index contributed by atoms with van der Waals surface area (Å²) in [6, 6.07) is 7.50. The average Bonchev–Trinajstić information content (AvgIpc) is 2.77. The maximum atomic E-state index is 11.8. The van der Waals surface area contributed by atoms with Gasteiger partial charge in [-0.25, -0.2) is 4.79 Å². The lowest BCUT2D eigenvalue weighted by Gasteiger charge is -2.07. The number of anilines is 1. The summed E-state index contributed by atoms with van der Waals surface area (Å²) in [7, 11) is 0. The van der Waals surface area contributed by atoms with Gasteiger partial charge in [-0.2, -0.15) is 5.10 Å². The number of nitrogens with one attached hydrogen (secondary N) is 2. The van der Waals surface area contributed by atoms with Gasteiger partial charge in [-0.1, -0.05) is 12.1 Å². The van der Waals surface area contributed by atoms with Crippen molar-refractivity contribution in [3.05, 3.63) is 47.3 Å². The number of aryl methyl sites for hydroxylation is 3. The molecular formula is C15H20N4O. The molecule has 5 heteroatoms. The molecule has 5 nitrogen and oxygen atoms in total. The molecule has 0 spiro atoms. The summed E-state index contributed by atoms with van der Waals surface area (Å²) in [5.41, 5.74) is 3.89. The Hall–Kier alpha value is -2.30. The second kappa shape index (κ2) is 6.23. The minimum absolute atomic E-state index is 0.209. The lowest BCUT2D eigenvalue weighted by atomic mass is 10.2. The van der Waals surface area contributed by atoms with Crippen molar-refractivity contribution in [2.75, 3.05) is 5.32 Å². The van der Waals surface area contributed by atoms with Gasteiger partial charge in [0, 0.05) is 30.5 Å². The van der Waals surface area contributed by atoms with Crippen LogP contribution in [0, 0.1) is 13.8 Å². The van der Waals surface area contributed by atoms with E-state index in [1.54, 1.807) is 0 Å². The van der Waals surface area contributed by atoms with Crippen molar-refractivity contribution in [2.24, 2.45) is 0 Å². The van der Waals surface area contributed by atoms with E-state index in [-0.39, 0.29) is 6.03 Å². The van der Waals surface area contributed by atoms with Crippen LogP contribution in [0.2, 0.25) is 0 Å². The van der Waals surface area contributed by atoms with Crippen molar-refractivity contribution in [1.82, 2.24) is 15.1 Å². The number of benzene rings is 1. The molecule has 1 aromatic heterocycles. The minimum atomic E-state index is -0.209. The van der Waals surface area contributed by atoms with Crippen LogP contribution in [0.4, 0.5) is 10.5 Å². The van der Waals surface area contributed by atoms with E-state index in [0.717, 1.165) is 29.1 Å². The molecule has 2 N–H and O–H groups in total. The third-order valence-corrected chi connectivity index (χ3v) is 3.09. The third kappa shape index (κ3) is 3.60. The van der Waals surface area contributed by atoms with Gasteiger partial charge >= 0.3 is 6.03 Å². The topological polar surface area (TPSA) is 59.0 Å². The van der Waals surface area contributed by atoms with Gasteiger partial charge in [0.25, 0.3) is 0 Å². The van der Waals surface area contributed by atoms with E-state index >= 15 is 0 Å². The highest BCUT2D eigenvalue weighted by molar-refractivity contribution is 5.89. The number of hydrogen-bond acceptors (Lipinski definition) is 2. The molecule has 0 aliphatic rings. The smallest absolute Gasteiger partial charge is 0.319 e. The van der Waals surface area contributed by atoms with Gasteiger partial charge in [-0.3, -0.25) is 4.68 Å². The van der Waals surface area contributed by atoms with Crippen LogP contribution in [0.25, 0.3) is 0 Å². The Morgan fingerprint density at radius 2 is 2.15 bits per heavy atom. The molecule has 0 saturated heterocycles. The van der Waals surface area contributed by atoms with Crippen molar-refractivity contribution in [1.29, 1.82) is 0 Å². The van der Waals surface area contributed by atoms with Gasteiger partial charge in [0.15, 0.2) is 0 Å². The second-order valence-electron chi connectivity index (χ2n) is 4.77. The first-order valence-corrected chi connectivity index (χ1v) is 6.73. The number of urea groups is 1. The summed E-state index contributed by atoms with van der Waals surface area (Å²) in [5.74, 6) is 0. The predicted molar refractivity (Wildman–Crippen MR) is 79.7 cm³/mol. The second-order valence-corrected chi connectivity index (χ2v) is 4.77. The van der Waals surface area contributed by atoms with Gasteiger partial charge in [0.1, 0.15) is 0 Å². The first-order valence-electron chi connectivity index (χ1n) is 6.73. The zero-order chi connectivity index (χ0) is 14.5. The van der Waals surface area contributed by atoms with Gasteiger partial charge in [0.05, 0.1) is 5.69 Å². The van der Waals surface area contributed by atoms with Crippen LogP contribution in [-0.4, -0.2) is 15.8 Å². The van der Waals surface area contributed by atoms with Crippen LogP contribution in [0.5, 0.6) is 0 Å². The molecule has 106 valence electrons. The SMILES string of the molecule is CCn1cc(CNC(=O)Nc2cccc(C)c2)c(C)n1. The predicted octanol–water partition coefficient (Wildman–Crippen LogP) is 2.84. The summed E-state index contributed by atoms with van der Waals surface area (Å²) in [4.78, 5) is 11.8. The molecule has 0 unspecified atom stereocenters. The van der Waals surface area contributed by atoms with Gasteiger partial charge in [-0.05, 0) is 38.5 Å². The quantitative estimate of drug-likeness (QED) is 0.899. The lowest BCUT2D eigenvalue weighted by molar-refractivity contribution is 0.251. The average molecular weight is 272 g/mol. The summed E-state index contributed by atoms with van der Waals surface area (Å²) in [5, 5.41) is 10.0. The largest absolute Gasteiger partial charge is 0.334 e. The summed E-state index contributed by atoms with van der Waals surface area (Å²) >= 11 is 0. The monoisotopic (exact) mass is 272 g/mol. The Morgan fingerprint density at radius 1 is 1.35 bits per heavy atom. The van der Waals surface area contributed by atoms with Crippen LogP contribution >= 0.6 is 0 Å². The Balaban J connectivity index is 1.90. The Morgan fingerprint density at radius 3 is 2.80 bits per heavy atom. The zero-order valence-corrected chi connectivity index (χ0v) is 12.1. The molecule has 0 fully saturated rings. The van der Waals surface area contributed by atoms with Crippen LogP contribution in [0.3, 0.4) is 0 Å². The third-order valence-electron chi connectivity index (χ3n) is 3.09. The number of amides is 2. The number of carbonyl (C=O) groups is 1. The van der Waals surface area contributed by atoms with Crippen molar-refractivity contribution >= 4 is 11.7 Å². The van der Waals surface area contributed by atoms with Crippen molar-refractivity contribution in [3.8, 4) is 0 Å². The van der Waals surface area contributed by atoms with E-state index < -0.39 is 0 Å². The standard InChI is InChI=1S/C15H20N4O/c1-4-19-10-13(12(3)18-19)9-16-15(20)17-14-7-5-6-11(2)8-14/h5-8,10H,4,9H2,1-3H3,(H2,16,17,20). The van der Waals surface area contributed by atoms with Gasteiger partial charge in [0.2, 0.25) is 0 Å². The molecule has 2 rings (SSSR count). The van der Waals surface area contributed by atoms with Crippen LogP contribution in [0.1, 0.15) is 23.7 Å². The summed E-state index contributed by atoms with van der Waals surface area (Å²) in [6.07, 6.45) is 1.96. The molecule has 1 aromatic carbocycles. The molecule has 0 atom stereocenters. The number of rotatable bonds is 4. The fourth-order valence-electron chi connectivity index (χ4n) is 1.97. The molecular weight excluding hydrogens is 252 g/mol. The van der Waals surface area contributed by atoms with Crippen LogP contribution in [0.15, 0.2) is 30.5 Å². The van der Waals surface area contributed by atoms with Crippen molar-refractivity contribution in [2.45, 2.75) is 33.9 Å². The molecule has 0 bridgehead atoms. The summed E-state index contributed by atoms with van der Waals surface area (Å²) in [6.45, 7) is 7.28. The van der Waals surface area contributed by atoms with E-state index in [0.29, 0.717) is 6.54 Å². The highest BCUT2D eigenvalue weighted by Gasteiger charge is 2.06. The Labute approximate surface area is 119 Å². The molecule has 0 aliphatic carbocycles. The van der Waals surface area contributed by atoms with E-state index in [4.69, 9.17) is 0 Å². The molecule has 2 aromatic rings. The minimum Gasteiger partial charge on any atom is -0.334 e. The summed E-state index contributed by atoms with van der Waals surface area (Å²) < 4.78 is 1.87. The maximum absolute atomic E-state index is 11.8. The number of nitrogens with zero attached hydrogens (tertiary/aromatic N) is 2. The van der Waals surface area contributed by atoms with E-state index in [1.165, 1.54) is 0 Å². The van der Waals surface area contributed by atoms with E-state index in [1.807, 2.05) is 55.9 Å². The highest BCUT2D eigenvalue weighted by Crippen LogP contribution is 2.09.